The van der Waals surface area contributed by atoms with Gasteiger partial charge in [0.15, 0.2) is 6.10 Å². The lowest BCUT2D eigenvalue weighted by molar-refractivity contribution is -0.222. The summed E-state index contributed by atoms with van der Waals surface area (Å²) in [6, 6.07) is 2.88. The molecule has 0 aromatic heterocycles. The number of urea groups is 1. The molecule has 1 aromatic carbocycles. The summed E-state index contributed by atoms with van der Waals surface area (Å²) in [5, 5.41) is 11.1. The van der Waals surface area contributed by atoms with Gasteiger partial charge in [-0.1, -0.05) is 19.1 Å². The Morgan fingerprint density at radius 3 is 2.40 bits per heavy atom. The predicted octanol–water partition coefficient (Wildman–Crippen LogP) is 3.79. The van der Waals surface area contributed by atoms with Crippen LogP contribution < -0.4 is 11.1 Å². The quantitative estimate of drug-likeness (QED) is 0.655. The highest BCUT2D eigenvalue weighted by molar-refractivity contribution is 5.89. The van der Waals surface area contributed by atoms with E-state index in [-0.39, 0.29) is 24.3 Å². The maximum atomic E-state index is 13.3. The summed E-state index contributed by atoms with van der Waals surface area (Å²) >= 11 is 0. The number of aliphatic carboxylic acids is 1. The number of primary amides is 1. The molecular formula is C16H21F3N2O4. The summed E-state index contributed by atoms with van der Waals surface area (Å²) in [6.45, 7) is 3.01. The van der Waals surface area contributed by atoms with Gasteiger partial charge in [-0.25, -0.2) is 4.79 Å². The van der Waals surface area contributed by atoms with E-state index in [2.05, 4.69) is 5.32 Å². The smallest absolute Gasteiger partial charge is 0.418 e. The second-order valence-electron chi connectivity index (χ2n) is 5.42. The second-order valence-corrected chi connectivity index (χ2v) is 5.42. The van der Waals surface area contributed by atoms with Crippen LogP contribution in [0, 0.1) is 0 Å². The maximum Gasteiger partial charge on any atom is 0.418 e. The van der Waals surface area contributed by atoms with Crippen LogP contribution in [0.2, 0.25) is 0 Å². The molecule has 0 heterocycles. The van der Waals surface area contributed by atoms with E-state index in [9.17, 15) is 22.8 Å². The third-order valence-corrected chi connectivity index (χ3v) is 3.63. The molecule has 1 rings (SSSR count). The van der Waals surface area contributed by atoms with Gasteiger partial charge in [-0.3, -0.25) is 4.79 Å². The van der Waals surface area contributed by atoms with Gasteiger partial charge in [0.05, 0.1) is 6.42 Å². The van der Waals surface area contributed by atoms with Crippen molar-refractivity contribution in [3.8, 4) is 0 Å². The van der Waals surface area contributed by atoms with Gasteiger partial charge in [-0.2, -0.15) is 13.2 Å². The fourth-order valence-electron chi connectivity index (χ4n) is 2.53. The number of hydrogen-bond donors (Lipinski definition) is 3. The number of ether oxygens (including phenoxy) is 1. The number of hydrogen-bond acceptors (Lipinski definition) is 3. The summed E-state index contributed by atoms with van der Waals surface area (Å²) in [7, 11) is 0. The third-order valence-electron chi connectivity index (χ3n) is 3.63. The molecule has 0 bridgehead atoms. The molecule has 9 heteroatoms. The molecule has 0 saturated heterocycles. The van der Waals surface area contributed by atoms with Crippen molar-refractivity contribution >= 4 is 17.7 Å². The lowest BCUT2D eigenvalue weighted by Crippen LogP contribution is -2.27. The van der Waals surface area contributed by atoms with Gasteiger partial charge < -0.3 is 20.9 Å². The molecule has 0 saturated carbocycles. The molecule has 0 unspecified atom stereocenters. The zero-order valence-electron chi connectivity index (χ0n) is 13.9. The third kappa shape index (κ3) is 5.93. The van der Waals surface area contributed by atoms with E-state index in [1.54, 1.807) is 6.92 Å². The molecule has 0 fully saturated rings. The highest BCUT2D eigenvalue weighted by Crippen LogP contribution is 2.40. The van der Waals surface area contributed by atoms with Crippen molar-refractivity contribution in [3.63, 3.8) is 0 Å². The van der Waals surface area contributed by atoms with Gasteiger partial charge in [-0.15, -0.1) is 0 Å². The number of carbonyl (C=O) groups is 2. The van der Waals surface area contributed by atoms with E-state index in [4.69, 9.17) is 15.6 Å². The van der Waals surface area contributed by atoms with Crippen LogP contribution >= 0.6 is 0 Å². The molecule has 0 aliphatic rings. The number of anilines is 1. The molecule has 4 N–H and O–H groups in total. The summed E-state index contributed by atoms with van der Waals surface area (Å²) in [6.07, 6.45) is -6.62. The minimum absolute atomic E-state index is 0.149. The Morgan fingerprint density at radius 2 is 1.96 bits per heavy atom. The Kier molecular flexibility index (Phi) is 7.22. The molecule has 0 aliphatic heterocycles. The molecular weight excluding hydrogens is 341 g/mol. The number of halogens is 3. The molecule has 0 spiro atoms. The van der Waals surface area contributed by atoms with Gasteiger partial charge >= 0.3 is 18.2 Å². The number of rotatable bonds is 8. The zero-order chi connectivity index (χ0) is 19.2. The van der Waals surface area contributed by atoms with Crippen LogP contribution in [0.1, 0.15) is 49.8 Å². The Morgan fingerprint density at radius 1 is 1.32 bits per heavy atom. The summed E-state index contributed by atoms with van der Waals surface area (Å²) in [4.78, 5) is 22.1. The van der Waals surface area contributed by atoms with Gasteiger partial charge in [0.1, 0.15) is 0 Å². The summed E-state index contributed by atoms with van der Waals surface area (Å²) in [5.41, 5.74) is 5.11. The SMILES string of the molecule is CCO[C@H](c1ccc([C@H](CC)CC(=O)O)cc1NC(N)=O)C(F)(F)F. The van der Waals surface area contributed by atoms with Crippen molar-refractivity contribution in [1.82, 2.24) is 0 Å². The zero-order valence-corrected chi connectivity index (χ0v) is 13.9. The first-order valence-corrected chi connectivity index (χ1v) is 7.70. The highest BCUT2D eigenvalue weighted by atomic mass is 19.4. The number of carbonyl (C=O) groups excluding carboxylic acids is 1. The first-order valence-electron chi connectivity index (χ1n) is 7.70. The van der Waals surface area contributed by atoms with Crippen LogP contribution in [0.25, 0.3) is 0 Å². The molecule has 0 radical (unpaired) electrons. The standard InChI is InChI=1S/C16H21F3N2O4/c1-3-9(8-13(22)23)10-5-6-11(12(7-10)21-15(20)24)14(25-4-2)16(17,18)19/h5-7,9,14H,3-4,8H2,1-2H3,(H,22,23)(H3,20,21,24)/t9-,14-/m1/s1. The number of carboxylic acid groups (broad SMARTS) is 1. The molecule has 6 nitrogen and oxygen atoms in total. The highest BCUT2D eigenvalue weighted by Gasteiger charge is 2.43. The maximum absolute atomic E-state index is 13.3. The fraction of sp³-hybridized carbons (Fsp3) is 0.500. The topological polar surface area (TPSA) is 102 Å². The van der Waals surface area contributed by atoms with Crippen molar-refractivity contribution < 1.29 is 32.6 Å². The number of alkyl halides is 3. The first kappa shape index (κ1) is 20.8. The van der Waals surface area contributed by atoms with Crippen LogP contribution in [-0.2, 0) is 9.53 Å². The van der Waals surface area contributed by atoms with E-state index in [1.165, 1.54) is 25.1 Å². The monoisotopic (exact) mass is 362 g/mol. The molecule has 140 valence electrons. The van der Waals surface area contributed by atoms with E-state index in [1.807, 2.05) is 0 Å². The minimum Gasteiger partial charge on any atom is -0.481 e. The minimum atomic E-state index is -4.68. The van der Waals surface area contributed by atoms with Crippen molar-refractivity contribution in [2.24, 2.45) is 5.73 Å². The Bertz CT molecular complexity index is 620. The number of amides is 2. The van der Waals surface area contributed by atoms with Crippen LogP contribution in [0.4, 0.5) is 23.7 Å². The van der Waals surface area contributed by atoms with Crippen molar-refractivity contribution in [3.05, 3.63) is 29.3 Å². The summed E-state index contributed by atoms with van der Waals surface area (Å²) < 4.78 is 44.6. The Labute approximate surface area is 143 Å². The lowest BCUT2D eigenvalue weighted by atomic mass is 9.91. The fourth-order valence-corrected chi connectivity index (χ4v) is 2.53. The van der Waals surface area contributed by atoms with E-state index in [0.29, 0.717) is 12.0 Å². The molecule has 0 aliphatic carbocycles. The van der Waals surface area contributed by atoms with Gasteiger partial charge in [0, 0.05) is 17.9 Å². The molecule has 1 aromatic rings. The van der Waals surface area contributed by atoms with Crippen molar-refractivity contribution in [1.29, 1.82) is 0 Å². The van der Waals surface area contributed by atoms with Gasteiger partial charge in [-0.05, 0) is 30.9 Å². The van der Waals surface area contributed by atoms with Crippen LogP contribution in [0.5, 0.6) is 0 Å². The van der Waals surface area contributed by atoms with Crippen LogP contribution in [0.15, 0.2) is 18.2 Å². The largest absolute Gasteiger partial charge is 0.481 e. The molecule has 2 amide bonds. The van der Waals surface area contributed by atoms with E-state index >= 15 is 0 Å². The average molecular weight is 362 g/mol. The number of nitrogens with two attached hydrogens (primary N) is 1. The predicted molar refractivity (Wildman–Crippen MR) is 85.4 cm³/mol. The summed E-state index contributed by atoms with van der Waals surface area (Å²) in [5.74, 6) is -1.43. The van der Waals surface area contributed by atoms with Crippen LogP contribution in [0.3, 0.4) is 0 Å². The van der Waals surface area contributed by atoms with E-state index in [0.717, 1.165) is 0 Å². The lowest BCUT2D eigenvalue weighted by Gasteiger charge is -2.24. The van der Waals surface area contributed by atoms with Gasteiger partial charge in [0.25, 0.3) is 0 Å². The van der Waals surface area contributed by atoms with Crippen molar-refractivity contribution in [2.45, 2.75) is 44.9 Å². The van der Waals surface area contributed by atoms with E-state index < -0.39 is 30.2 Å². The Hall–Kier alpha value is -2.29. The molecule has 2 atom stereocenters. The number of carboxylic acids is 1. The van der Waals surface area contributed by atoms with Gasteiger partial charge in [0.2, 0.25) is 0 Å². The van der Waals surface area contributed by atoms with Crippen LogP contribution in [-0.4, -0.2) is 29.9 Å². The normalized spacial score (nSPS) is 14.0. The molecule has 25 heavy (non-hydrogen) atoms. The number of benzene rings is 1. The second kappa shape index (κ2) is 8.70. The van der Waals surface area contributed by atoms with Crippen molar-refractivity contribution in [2.75, 3.05) is 11.9 Å². The average Bonchev–Trinajstić information content (AvgIpc) is 2.49. The Balaban J connectivity index is 3.38. The number of nitrogens with one attached hydrogen (secondary N) is 1. The first-order chi connectivity index (χ1) is 11.6.